The van der Waals surface area contributed by atoms with Crippen molar-refractivity contribution in [2.24, 2.45) is 4.99 Å². The van der Waals surface area contributed by atoms with Crippen LogP contribution in [0.2, 0.25) is 0 Å². The predicted molar refractivity (Wildman–Crippen MR) is 140 cm³/mol. The van der Waals surface area contributed by atoms with Crippen LogP contribution in [0.15, 0.2) is 53.5 Å². The minimum atomic E-state index is -0.0591. The molecule has 0 saturated heterocycles. The molecule has 2 rings (SSSR count). The Hall–Kier alpha value is -2.49. The van der Waals surface area contributed by atoms with Gasteiger partial charge >= 0.3 is 0 Å². The summed E-state index contributed by atoms with van der Waals surface area (Å²) in [6, 6.07) is 15.1. The van der Waals surface area contributed by atoms with E-state index in [4.69, 9.17) is 9.47 Å². The number of carbonyl (C=O) groups is 1. The quantitative estimate of drug-likeness (QED) is 0.170. The van der Waals surface area contributed by atoms with Gasteiger partial charge in [-0.25, -0.2) is 0 Å². The first-order chi connectivity index (χ1) is 15.0. The summed E-state index contributed by atoms with van der Waals surface area (Å²) in [7, 11) is 3.36. The number of unbranched alkanes of at least 4 members (excludes halogenated alkanes) is 1. The molecule has 0 aliphatic heterocycles. The zero-order valence-electron chi connectivity index (χ0n) is 19.3. The second-order valence-electron chi connectivity index (χ2n) is 7.22. The topological polar surface area (TPSA) is 84.0 Å². The molecule has 32 heavy (non-hydrogen) atoms. The van der Waals surface area contributed by atoms with E-state index in [0.717, 1.165) is 29.9 Å². The first-order valence-electron chi connectivity index (χ1n) is 10.7. The predicted octanol–water partition coefficient (Wildman–Crippen LogP) is 3.98. The average molecular weight is 554 g/mol. The van der Waals surface area contributed by atoms with Gasteiger partial charge in [0.1, 0.15) is 17.6 Å². The molecule has 2 aromatic rings. The largest absolute Gasteiger partial charge is 0.497 e. The van der Waals surface area contributed by atoms with Crippen molar-refractivity contribution in [1.29, 1.82) is 0 Å². The highest BCUT2D eigenvalue weighted by atomic mass is 127. The molecule has 0 aromatic heterocycles. The molecule has 0 fully saturated rings. The molecule has 0 radical (unpaired) electrons. The minimum absolute atomic E-state index is 0. The third kappa shape index (κ3) is 9.76. The number of nitrogens with zero attached hydrogens (tertiary/aromatic N) is 1. The molecule has 1 amide bonds. The summed E-state index contributed by atoms with van der Waals surface area (Å²) in [4.78, 5) is 16.3. The van der Waals surface area contributed by atoms with E-state index in [1.165, 1.54) is 0 Å². The Labute approximate surface area is 208 Å². The van der Waals surface area contributed by atoms with Crippen LogP contribution in [0.3, 0.4) is 0 Å². The fraction of sp³-hybridized carbons (Fsp3) is 0.417. The van der Waals surface area contributed by atoms with Crippen LogP contribution in [0, 0.1) is 0 Å². The highest BCUT2D eigenvalue weighted by Gasteiger charge is 2.08. The van der Waals surface area contributed by atoms with Crippen LogP contribution in [-0.2, 0) is 6.54 Å². The van der Waals surface area contributed by atoms with Gasteiger partial charge in [-0.3, -0.25) is 9.79 Å². The summed E-state index contributed by atoms with van der Waals surface area (Å²) >= 11 is 0. The molecule has 0 aliphatic carbocycles. The van der Waals surface area contributed by atoms with Gasteiger partial charge in [-0.05, 0) is 43.2 Å². The SMILES string of the molecule is CCCCNC(=O)c1ccc(CNC(=NC)NCC(C)Oc2cccc(OC)c2)cc1.I. The van der Waals surface area contributed by atoms with Crippen molar-refractivity contribution in [2.75, 3.05) is 27.2 Å². The number of benzene rings is 2. The highest BCUT2D eigenvalue weighted by molar-refractivity contribution is 14.0. The summed E-state index contributed by atoms with van der Waals surface area (Å²) in [5, 5.41) is 9.47. The Morgan fingerprint density at radius 1 is 1.06 bits per heavy atom. The van der Waals surface area contributed by atoms with Crippen molar-refractivity contribution >= 4 is 35.8 Å². The Morgan fingerprint density at radius 2 is 1.78 bits per heavy atom. The lowest BCUT2D eigenvalue weighted by atomic mass is 10.1. The average Bonchev–Trinajstić information content (AvgIpc) is 2.79. The number of methoxy groups -OCH3 is 1. The third-order valence-corrected chi connectivity index (χ3v) is 4.65. The molecule has 0 heterocycles. The van der Waals surface area contributed by atoms with Crippen molar-refractivity contribution in [1.82, 2.24) is 16.0 Å². The van der Waals surface area contributed by atoms with Crippen molar-refractivity contribution in [3.8, 4) is 11.5 Å². The Balaban J connectivity index is 0.00000512. The van der Waals surface area contributed by atoms with Crippen molar-refractivity contribution in [3.63, 3.8) is 0 Å². The fourth-order valence-corrected chi connectivity index (χ4v) is 2.85. The zero-order valence-corrected chi connectivity index (χ0v) is 21.6. The standard InChI is InChI=1S/C24H34N4O3.HI/c1-5-6-14-26-23(29)20-12-10-19(11-13-20)17-28-24(25-3)27-16-18(2)31-22-9-7-8-21(15-22)30-4;/h7-13,15,18H,5-6,14,16-17H2,1-4H3,(H,26,29)(H2,25,27,28);1H. The summed E-state index contributed by atoms with van der Waals surface area (Å²) < 4.78 is 11.1. The van der Waals surface area contributed by atoms with Crippen LogP contribution in [-0.4, -0.2) is 45.2 Å². The number of hydrogen-bond acceptors (Lipinski definition) is 4. The van der Waals surface area contributed by atoms with Gasteiger partial charge < -0.3 is 25.4 Å². The number of hydrogen-bond donors (Lipinski definition) is 3. The molecular formula is C24H35IN4O3. The van der Waals surface area contributed by atoms with Gasteiger partial charge in [0, 0.05) is 31.8 Å². The van der Waals surface area contributed by atoms with Crippen molar-refractivity contribution in [3.05, 3.63) is 59.7 Å². The van der Waals surface area contributed by atoms with Gasteiger partial charge in [0.2, 0.25) is 0 Å². The second kappa shape index (κ2) is 15.3. The molecule has 0 saturated carbocycles. The highest BCUT2D eigenvalue weighted by Crippen LogP contribution is 2.19. The Kier molecular flexibility index (Phi) is 13.2. The molecule has 0 aliphatic rings. The number of amides is 1. The maximum Gasteiger partial charge on any atom is 0.251 e. The molecule has 3 N–H and O–H groups in total. The lowest BCUT2D eigenvalue weighted by molar-refractivity contribution is 0.0953. The van der Waals surface area contributed by atoms with Gasteiger partial charge in [-0.1, -0.05) is 31.5 Å². The number of ether oxygens (including phenoxy) is 2. The van der Waals surface area contributed by atoms with E-state index >= 15 is 0 Å². The van der Waals surface area contributed by atoms with E-state index in [1.807, 2.05) is 55.5 Å². The minimum Gasteiger partial charge on any atom is -0.497 e. The third-order valence-electron chi connectivity index (χ3n) is 4.65. The number of nitrogens with one attached hydrogen (secondary N) is 3. The lowest BCUT2D eigenvalue weighted by Gasteiger charge is -2.18. The smallest absolute Gasteiger partial charge is 0.251 e. The molecule has 1 unspecified atom stereocenters. The Bertz CT molecular complexity index is 843. The van der Waals surface area contributed by atoms with E-state index in [2.05, 4.69) is 27.9 Å². The molecular weight excluding hydrogens is 519 g/mol. The number of carbonyl (C=O) groups excluding carboxylic acids is 1. The summed E-state index contributed by atoms with van der Waals surface area (Å²) in [6.45, 7) is 5.99. The van der Waals surface area contributed by atoms with Gasteiger partial charge in [-0.2, -0.15) is 0 Å². The van der Waals surface area contributed by atoms with Crippen LogP contribution >= 0.6 is 24.0 Å². The lowest BCUT2D eigenvalue weighted by Crippen LogP contribution is -2.41. The fourth-order valence-electron chi connectivity index (χ4n) is 2.85. The molecule has 8 heteroatoms. The van der Waals surface area contributed by atoms with E-state index in [9.17, 15) is 4.79 Å². The molecule has 7 nitrogen and oxygen atoms in total. The molecule has 2 aromatic carbocycles. The molecule has 1 atom stereocenters. The van der Waals surface area contributed by atoms with E-state index in [1.54, 1.807) is 14.2 Å². The zero-order chi connectivity index (χ0) is 22.5. The molecule has 0 spiro atoms. The van der Waals surface area contributed by atoms with E-state index in [-0.39, 0.29) is 36.0 Å². The number of rotatable bonds is 11. The van der Waals surface area contributed by atoms with Gasteiger partial charge in [0.25, 0.3) is 5.91 Å². The number of halogens is 1. The van der Waals surface area contributed by atoms with Gasteiger partial charge in [0.05, 0.1) is 13.7 Å². The maximum atomic E-state index is 12.1. The Morgan fingerprint density at radius 3 is 2.44 bits per heavy atom. The molecule has 176 valence electrons. The number of aliphatic imine (C=N–C) groups is 1. The maximum absolute atomic E-state index is 12.1. The second-order valence-corrected chi connectivity index (χ2v) is 7.22. The molecule has 0 bridgehead atoms. The van der Waals surface area contributed by atoms with E-state index in [0.29, 0.717) is 31.2 Å². The van der Waals surface area contributed by atoms with Crippen LogP contribution in [0.5, 0.6) is 11.5 Å². The van der Waals surface area contributed by atoms with Crippen LogP contribution < -0.4 is 25.4 Å². The van der Waals surface area contributed by atoms with Crippen LogP contribution in [0.25, 0.3) is 0 Å². The summed E-state index contributed by atoms with van der Waals surface area (Å²) in [5.74, 6) is 2.17. The van der Waals surface area contributed by atoms with Gasteiger partial charge in [-0.15, -0.1) is 24.0 Å². The number of guanidine groups is 1. The summed E-state index contributed by atoms with van der Waals surface area (Å²) in [5.41, 5.74) is 1.74. The van der Waals surface area contributed by atoms with Crippen LogP contribution in [0.1, 0.15) is 42.6 Å². The van der Waals surface area contributed by atoms with Crippen molar-refractivity contribution in [2.45, 2.75) is 39.3 Å². The normalized spacial score (nSPS) is 11.7. The van der Waals surface area contributed by atoms with Crippen molar-refractivity contribution < 1.29 is 14.3 Å². The van der Waals surface area contributed by atoms with Crippen LogP contribution in [0.4, 0.5) is 0 Å². The first-order valence-corrected chi connectivity index (χ1v) is 10.7. The van der Waals surface area contributed by atoms with Gasteiger partial charge in [0.15, 0.2) is 5.96 Å². The monoisotopic (exact) mass is 554 g/mol. The first kappa shape index (κ1) is 27.5. The summed E-state index contributed by atoms with van der Waals surface area (Å²) in [6.07, 6.45) is 1.99. The van der Waals surface area contributed by atoms with E-state index < -0.39 is 0 Å².